The SMILES string of the molecule is C=CC=Cc1ccccc1.CCN(CC)CCO. The number of hydrogen-bond acceptors (Lipinski definition) is 2. The predicted octanol–water partition coefficient (Wildman–Crippen LogP) is 3.21. The summed E-state index contributed by atoms with van der Waals surface area (Å²) in [5.74, 6) is 0. The van der Waals surface area contributed by atoms with Gasteiger partial charge in [0.2, 0.25) is 0 Å². The topological polar surface area (TPSA) is 23.5 Å². The summed E-state index contributed by atoms with van der Waals surface area (Å²) in [5.41, 5.74) is 1.21. The quantitative estimate of drug-likeness (QED) is 0.780. The third kappa shape index (κ3) is 8.74. The minimum Gasteiger partial charge on any atom is -0.395 e. The van der Waals surface area contributed by atoms with Crippen LogP contribution in [0.1, 0.15) is 19.4 Å². The highest BCUT2D eigenvalue weighted by Crippen LogP contribution is 1.99. The van der Waals surface area contributed by atoms with Crippen LogP contribution in [0.5, 0.6) is 0 Å². The highest BCUT2D eigenvalue weighted by molar-refractivity contribution is 5.50. The fourth-order valence-electron chi connectivity index (χ4n) is 1.42. The Morgan fingerprint density at radius 3 is 2.17 bits per heavy atom. The van der Waals surface area contributed by atoms with Crippen molar-refractivity contribution in [1.29, 1.82) is 0 Å². The average Bonchev–Trinajstić information content (AvgIpc) is 2.44. The van der Waals surface area contributed by atoms with Crippen molar-refractivity contribution in [3.63, 3.8) is 0 Å². The number of rotatable bonds is 6. The van der Waals surface area contributed by atoms with Gasteiger partial charge in [-0.25, -0.2) is 0 Å². The van der Waals surface area contributed by atoms with E-state index >= 15 is 0 Å². The molecule has 0 aliphatic carbocycles. The van der Waals surface area contributed by atoms with Crippen LogP contribution in [0.3, 0.4) is 0 Å². The summed E-state index contributed by atoms with van der Waals surface area (Å²) >= 11 is 0. The van der Waals surface area contributed by atoms with Gasteiger partial charge >= 0.3 is 0 Å². The minimum absolute atomic E-state index is 0.279. The van der Waals surface area contributed by atoms with Crippen molar-refractivity contribution >= 4 is 6.08 Å². The number of aliphatic hydroxyl groups excluding tert-OH is 1. The number of hydrogen-bond donors (Lipinski definition) is 1. The molecule has 0 bridgehead atoms. The van der Waals surface area contributed by atoms with Crippen LogP contribution in [0.25, 0.3) is 6.08 Å². The van der Waals surface area contributed by atoms with Crippen LogP contribution >= 0.6 is 0 Å². The summed E-state index contributed by atoms with van der Waals surface area (Å²) in [6.07, 6.45) is 5.72. The van der Waals surface area contributed by atoms with Gasteiger partial charge in [0.05, 0.1) is 6.61 Å². The summed E-state index contributed by atoms with van der Waals surface area (Å²) < 4.78 is 0. The Bertz CT molecular complexity index is 315. The van der Waals surface area contributed by atoms with Crippen LogP contribution < -0.4 is 0 Å². The summed E-state index contributed by atoms with van der Waals surface area (Å²) in [6, 6.07) is 10.1. The van der Waals surface area contributed by atoms with E-state index in [1.54, 1.807) is 6.08 Å². The van der Waals surface area contributed by atoms with Gasteiger partial charge in [0.15, 0.2) is 0 Å². The normalized spacial score (nSPS) is 10.2. The average molecular weight is 247 g/mol. The molecule has 0 unspecified atom stereocenters. The Balaban J connectivity index is 0.000000331. The highest BCUT2D eigenvalue weighted by Gasteiger charge is 1.93. The van der Waals surface area contributed by atoms with Crippen molar-refractivity contribution in [1.82, 2.24) is 4.90 Å². The molecular formula is C16H25NO. The molecule has 1 aromatic carbocycles. The second-order valence-electron chi connectivity index (χ2n) is 3.76. The molecular weight excluding hydrogens is 222 g/mol. The number of benzene rings is 1. The summed E-state index contributed by atoms with van der Waals surface area (Å²) in [7, 11) is 0. The lowest BCUT2D eigenvalue weighted by molar-refractivity contribution is 0.208. The van der Waals surface area contributed by atoms with Gasteiger partial charge in [0, 0.05) is 6.54 Å². The molecule has 18 heavy (non-hydrogen) atoms. The lowest BCUT2D eigenvalue weighted by atomic mass is 10.2. The van der Waals surface area contributed by atoms with Gasteiger partial charge in [0.25, 0.3) is 0 Å². The first-order valence-electron chi connectivity index (χ1n) is 6.45. The molecule has 1 rings (SSSR count). The Labute approximate surface area is 111 Å². The van der Waals surface area contributed by atoms with Crippen LogP contribution in [-0.4, -0.2) is 36.2 Å². The van der Waals surface area contributed by atoms with E-state index in [0.29, 0.717) is 0 Å². The first-order valence-corrected chi connectivity index (χ1v) is 6.45. The van der Waals surface area contributed by atoms with Crippen molar-refractivity contribution in [2.24, 2.45) is 0 Å². The van der Waals surface area contributed by atoms with E-state index in [9.17, 15) is 0 Å². The van der Waals surface area contributed by atoms with Crippen LogP contribution in [0.2, 0.25) is 0 Å². The lowest BCUT2D eigenvalue weighted by Gasteiger charge is -2.15. The molecule has 0 aromatic heterocycles. The zero-order chi connectivity index (χ0) is 13.6. The number of allylic oxidation sites excluding steroid dienone is 2. The van der Waals surface area contributed by atoms with Crippen molar-refractivity contribution in [3.8, 4) is 0 Å². The highest BCUT2D eigenvalue weighted by atomic mass is 16.3. The zero-order valence-corrected chi connectivity index (χ0v) is 11.5. The third-order valence-electron chi connectivity index (χ3n) is 2.53. The maximum absolute atomic E-state index is 8.46. The number of nitrogens with zero attached hydrogens (tertiary/aromatic N) is 1. The molecule has 0 amide bonds. The Kier molecular flexibility index (Phi) is 11.2. The second-order valence-corrected chi connectivity index (χ2v) is 3.76. The smallest absolute Gasteiger partial charge is 0.0558 e. The molecule has 0 aliphatic rings. The summed E-state index contributed by atoms with van der Waals surface area (Å²) in [6.45, 7) is 11.0. The summed E-state index contributed by atoms with van der Waals surface area (Å²) in [4.78, 5) is 2.18. The molecule has 1 aromatic rings. The second kappa shape index (κ2) is 12.1. The lowest BCUT2D eigenvalue weighted by Crippen LogP contribution is -2.25. The van der Waals surface area contributed by atoms with E-state index in [1.807, 2.05) is 30.4 Å². The Morgan fingerprint density at radius 1 is 1.17 bits per heavy atom. The van der Waals surface area contributed by atoms with Crippen molar-refractivity contribution in [2.75, 3.05) is 26.2 Å². The van der Waals surface area contributed by atoms with Gasteiger partial charge in [-0.15, -0.1) is 0 Å². The molecule has 0 spiro atoms. The van der Waals surface area contributed by atoms with Crippen LogP contribution in [-0.2, 0) is 0 Å². The van der Waals surface area contributed by atoms with Gasteiger partial charge in [-0.1, -0.05) is 69.0 Å². The monoisotopic (exact) mass is 247 g/mol. The van der Waals surface area contributed by atoms with E-state index in [4.69, 9.17) is 5.11 Å². The largest absolute Gasteiger partial charge is 0.395 e. The van der Waals surface area contributed by atoms with Crippen molar-refractivity contribution < 1.29 is 5.11 Å². The molecule has 0 heterocycles. The molecule has 2 heteroatoms. The first-order chi connectivity index (χ1) is 8.78. The van der Waals surface area contributed by atoms with Gasteiger partial charge < -0.3 is 10.0 Å². The molecule has 0 fully saturated rings. The zero-order valence-electron chi connectivity index (χ0n) is 11.5. The van der Waals surface area contributed by atoms with E-state index in [-0.39, 0.29) is 6.61 Å². The molecule has 2 nitrogen and oxygen atoms in total. The van der Waals surface area contributed by atoms with Crippen LogP contribution in [0, 0.1) is 0 Å². The molecule has 100 valence electrons. The first kappa shape index (κ1) is 16.6. The third-order valence-corrected chi connectivity index (χ3v) is 2.53. The fraction of sp³-hybridized carbons (Fsp3) is 0.375. The standard InChI is InChI=1S/C10H10.C6H15NO/c1-2-3-7-10-8-5-4-6-9-10;1-3-7(4-2)5-6-8/h2-9H,1H2;8H,3-6H2,1-2H3. The predicted molar refractivity (Wildman–Crippen MR) is 80.5 cm³/mol. The minimum atomic E-state index is 0.279. The summed E-state index contributed by atoms with van der Waals surface area (Å²) in [5, 5.41) is 8.46. The molecule has 1 N–H and O–H groups in total. The van der Waals surface area contributed by atoms with Gasteiger partial charge in [-0.3, -0.25) is 0 Å². The molecule has 0 aliphatic heterocycles. The van der Waals surface area contributed by atoms with E-state index < -0.39 is 0 Å². The van der Waals surface area contributed by atoms with E-state index in [1.165, 1.54) is 5.56 Å². The molecule has 0 saturated heterocycles. The van der Waals surface area contributed by atoms with Crippen LogP contribution in [0.4, 0.5) is 0 Å². The van der Waals surface area contributed by atoms with E-state index in [0.717, 1.165) is 19.6 Å². The van der Waals surface area contributed by atoms with E-state index in [2.05, 4.69) is 37.5 Å². The van der Waals surface area contributed by atoms with Gasteiger partial charge in [-0.05, 0) is 18.7 Å². The Hall–Kier alpha value is -1.38. The molecule has 0 atom stereocenters. The Morgan fingerprint density at radius 2 is 1.78 bits per heavy atom. The van der Waals surface area contributed by atoms with Crippen LogP contribution in [0.15, 0.2) is 49.1 Å². The van der Waals surface area contributed by atoms with Crippen molar-refractivity contribution in [3.05, 3.63) is 54.6 Å². The molecule has 0 saturated carbocycles. The fourth-order valence-corrected chi connectivity index (χ4v) is 1.42. The van der Waals surface area contributed by atoms with Crippen molar-refractivity contribution in [2.45, 2.75) is 13.8 Å². The maximum atomic E-state index is 8.46. The van der Waals surface area contributed by atoms with Gasteiger partial charge in [-0.2, -0.15) is 0 Å². The van der Waals surface area contributed by atoms with Gasteiger partial charge in [0.1, 0.15) is 0 Å². The number of likely N-dealkylation sites (N-methyl/N-ethyl adjacent to an activating group) is 1. The molecule has 0 radical (unpaired) electrons. The number of aliphatic hydroxyl groups is 1. The maximum Gasteiger partial charge on any atom is 0.0558 e.